The van der Waals surface area contributed by atoms with E-state index in [-0.39, 0.29) is 11.3 Å². The van der Waals surface area contributed by atoms with Gasteiger partial charge < -0.3 is 5.32 Å². The van der Waals surface area contributed by atoms with E-state index < -0.39 is 22.0 Å². The third-order valence-electron chi connectivity index (χ3n) is 4.13. The number of rotatable bonds is 7. The van der Waals surface area contributed by atoms with Gasteiger partial charge in [0.2, 0.25) is 15.9 Å². The summed E-state index contributed by atoms with van der Waals surface area (Å²) in [5, 5.41) is 3.21. The van der Waals surface area contributed by atoms with Gasteiger partial charge in [-0.1, -0.05) is 41.9 Å². The highest BCUT2D eigenvalue weighted by Crippen LogP contribution is 2.17. The summed E-state index contributed by atoms with van der Waals surface area (Å²) in [7, 11) is -3.91. The van der Waals surface area contributed by atoms with Gasteiger partial charge in [0.25, 0.3) is 0 Å². The minimum atomic E-state index is -3.91. The average molecular weight is 541 g/mol. The maximum atomic E-state index is 12.9. The molecule has 0 aromatic heterocycles. The van der Waals surface area contributed by atoms with Crippen LogP contribution in [0, 0.1) is 3.57 Å². The van der Waals surface area contributed by atoms with Crippen LogP contribution in [0.4, 0.5) is 5.69 Å². The number of nitrogens with one attached hydrogen (secondary N) is 2. The highest BCUT2D eigenvalue weighted by atomic mass is 127. The maximum Gasteiger partial charge on any atom is 0.242 e. The van der Waals surface area contributed by atoms with Crippen LogP contribution in [0.15, 0.2) is 83.8 Å². The van der Waals surface area contributed by atoms with Crippen molar-refractivity contribution in [1.82, 2.24) is 4.72 Å². The highest BCUT2D eigenvalue weighted by molar-refractivity contribution is 14.1. The minimum Gasteiger partial charge on any atom is -0.325 e. The van der Waals surface area contributed by atoms with Crippen molar-refractivity contribution in [1.29, 1.82) is 0 Å². The van der Waals surface area contributed by atoms with E-state index in [0.29, 0.717) is 10.7 Å². The van der Waals surface area contributed by atoms with Crippen molar-refractivity contribution in [2.75, 3.05) is 5.32 Å². The van der Waals surface area contributed by atoms with Gasteiger partial charge in [-0.15, -0.1) is 0 Å². The molecule has 1 atom stereocenters. The van der Waals surface area contributed by atoms with Gasteiger partial charge in [-0.2, -0.15) is 4.72 Å². The topological polar surface area (TPSA) is 75.3 Å². The molecule has 3 aromatic rings. The predicted molar refractivity (Wildman–Crippen MR) is 123 cm³/mol. The van der Waals surface area contributed by atoms with Crippen LogP contribution in [-0.4, -0.2) is 20.4 Å². The van der Waals surface area contributed by atoms with Crippen molar-refractivity contribution < 1.29 is 13.2 Å². The Labute approximate surface area is 188 Å². The third-order valence-corrected chi connectivity index (χ3v) is 6.59. The van der Waals surface area contributed by atoms with Gasteiger partial charge >= 0.3 is 0 Å². The number of hydrogen-bond donors (Lipinski definition) is 2. The number of anilines is 1. The molecule has 1 amide bonds. The summed E-state index contributed by atoms with van der Waals surface area (Å²) in [5.74, 6) is -0.437. The Bertz CT molecular complexity index is 1070. The van der Waals surface area contributed by atoms with E-state index >= 15 is 0 Å². The van der Waals surface area contributed by atoms with Gasteiger partial charge in [0.1, 0.15) is 6.04 Å². The molecule has 0 saturated heterocycles. The summed E-state index contributed by atoms with van der Waals surface area (Å²) < 4.78 is 29.2. The maximum absolute atomic E-state index is 12.9. The monoisotopic (exact) mass is 540 g/mol. The number of benzene rings is 3. The first-order chi connectivity index (χ1) is 13.8. The van der Waals surface area contributed by atoms with Gasteiger partial charge in [-0.3, -0.25) is 4.79 Å². The second-order valence-electron chi connectivity index (χ2n) is 6.31. The SMILES string of the molecule is O=C(Nc1ccc(I)cc1)C(Cc1ccccc1)NS(=O)(=O)c1ccc(Cl)cc1. The molecule has 29 heavy (non-hydrogen) atoms. The molecule has 3 aromatic carbocycles. The molecule has 1 unspecified atom stereocenters. The van der Waals surface area contributed by atoms with Crippen LogP contribution in [0.2, 0.25) is 5.02 Å². The standard InChI is InChI=1S/C21H18ClIN2O3S/c22-16-6-12-19(13-7-16)29(27,28)25-20(14-15-4-2-1-3-5-15)21(26)24-18-10-8-17(23)9-11-18/h1-13,20,25H,14H2,(H,24,26). The Morgan fingerprint density at radius 3 is 2.17 bits per heavy atom. The lowest BCUT2D eigenvalue weighted by Crippen LogP contribution is -2.45. The summed E-state index contributed by atoms with van der Waals surface area (Å²) >= 11 is 8.02. The molecule has 0 aliphatic carbocycles. The van der Waals surface area contributed by atoms with Crippen LogP contribution in [0.3, 0.4) is 0 Å². The third kappa shape index (κ3) is 6.27. The predicted octanol–water partition coefficient (Wildman–Crippen LogP) is 4.47. The number of amides is 1. The fourth-order valence-corrected chi connectivity index (χ4v) is 4.35. The second-order valence-corrected chi connectivity index (χ2v) is 9.71. The van der Waals surface area contributed by atoms with Crippen molar-refractivity contribution in [3.05, 3.63) is 93.0 Å². The van der Waals surface area contributed by atoms with E-state index in [1.807, 2.05) is 42.5 Å². The molecule has 0 aliphatic heterocycles. The molecule has 0 radical (unpaired) electrons. The molecule has 0 bridgehead atoms. The quantitative estimate of drug-likeness (QED) is 0.434. The summed E-state index contributed by atoms with van der Waals surface area (Å²) in [5.41, 5.74) is 1.44. The lowest BCUT2D eigenvalue weighted by Gasteiger charge is -2.19. The lowest BCUT2D eigenvalue weighted by molar-refractivity contribution is -0.117. The summed E-state index contributed by atoms with van der Waals surface area (Å²) in [6.45, 7) is 0. The molecular weight excluding hydrogens is 523 g/mol. The zero-order valence-corrected chi connectivity index (χ0v) is 18.9. The Kier molecular flexibility index (Phi) is 7.28. The van der Waals surface area contributed by atoms with Crippen LogP contribution in [0.5, 0.6) is 0 Å². The van der Waals surface area contributed by atoms with Crippen LogP contribution in [0.1, 0.15) is 5.56 Å². The van der Waals surface area contributed by atoms with Crippen LogP contribution < -0.4 is 10.0 Å². The number of sulfonamides is 1. The van der Waals surface area contributed by atoms with Crippen molar-refractivity contribution >= 4 is 55.8 Å². The summed E-state index contributed by atoms with van der Waals surface area (Å²) in [6, 6.07) is 21.3. The number of hydrogen-bond acceptors (Lipinski definition) is 3. The van der Waals surface area contributed by atoms with Crippen LogP contribution in [0.25, 0.3) is 0 Å². The molecule has 5 nitrogen and oxygen atoms in total. The number of halogens is 2. The molecule has 2 N–H and O–H groups in total. The largest absolute Gasteiger partial charge is 0.325 e. The molecule has 0 saturated carbocycles. The van der Waals surface area contributed by atoms with E-state index in [0.717, 1.165) is 9.13 Å². The van der Waals surface area contributed by atoms with Gasteiger partial charge in [0.05, 0.1) is 4.90 Å². The van der Waals surface area contributed by atoms with Crippen molar-refractivity contribution in [3.8, 4) is 0 Å². The van der Waals surface area contributed by atoms with E-state index in [1.54, 1.807) is 12.1 Å². The molecule has 0 spiro atoms. The molecular formula is C21H18ClIN2O3S. The smallest absolute Gasteiger partial charge is 0.242 e. The molecule has 3 rings (SSSR count). The second kappa shape index (κ2) is 9.71. The molecule has 0 aliphatic rings. The molecule has 150 valence electrons. The average Bonchev–Trinajstić information content (AvgIpc) is 2.70. The molecule has 0 heterocycles. The van der Waals surface area contributed by atoms with Gasteiger partial charge in [0.15, 0.2) is 0 Å². The van der Waals surface area contributed by atoms with E-state index in [4.69, 9.17) is 11.6 Å². The molecule has 8 heteroatoms. The first kappa shape index (κ1) is 21.8. The zero-order valence-electron chi connectivity index (χ0n) is 15.2. The Balaban J connectivity index is 1.84. The van der Waals surface area contributed by atoms with E-state index in [1.165, 1.54) is 24.3 Å². The van der Waals surface area contributed by atoms with Crippen LogP contribution >= 0.6 is 34.2 Å². The van der Waals surface area contributed by atoms with E-state index in [9.17, 15) is 13.2 Å². The minimum absolute atomic E-state index is 0.0435. The Morgan fingerprint density at radius 2 is 1.55 bits per heavy atom. The van der Waals surface area contributed by atoms with Crippen molar-refractivity contribution in [2.24, 2.45) is 0 Å². The normalized spacial score (nSPS) is 12.3. The summed E-state index contributed by atoms with van der Waals surface area (Å²) in [4.78, 5) is 12.9. The van der Waals surface area contributed by atoms with Crippen molar-refractivity contribution in [2.45, 2.75) is 17.4 Å². The number of carbonyl (C=O) groups is 1. The van der Waals surface area contributed by atoms with Gasteiger partial charge in [-0.25, -0.2) is 8.42 Å². The Morgan fingerprint density at radius 1 is 0.931 bits per heavy atom. The zero-order chi connectivity index (χ0) is 20.9. The first-order valence-corrected chi connectivity index (χ1v) is 11.7. The number of carbonyl (C=O) groups excluding carboxylic acids is 1. The van der Waals surface area contributed by atoms with E-state index in [2.05, 4.69) is 32.6 Å². The van der Waals surface area contributed by atoms with Gasteiger partial charge in [-0.05, 0) is 83.1 Å². The van der Waals surface area contributed by atoms with Crippen LogP contribution in [-0.2, 0) is 21.2 Å². The fourth-order valence-electron chi connectivity index (χ4n) is 2.67. The first-order valence-electron chi connectivity index (χ1n) is 8.72. The van der Waals surface area contributed by atoms with Crippen molar-refractivity contribution in [3.63, 3.8) is 0 Å². The highest BCUT2D eigenvalue weighted by Gasteiger charge is 2.26. The molecule has 0 fully saturated rings. The lowest BCUT2D eigenvalue weighted by atomic mass is 10.1. The summed E-state index contributed by atoms with van der Waals surface area (Å²) in [6.07, 6.45) is 0.212. The Hall–Kier alpha value is -1.94. The fraction of sp³-hybridized carbons (Fsp3) is 0.0952. The van der Waals surface area contributed by atoms with Gasteiger partial charge in [0, 0.05) is 14.3 Å².